The number of aliphatic hydroxyl groups is 1. The molecule has 32 heavy (non-hydrogen) atoms. The Morgan fingerprint density at radius 1 is 1.00 bits per heavy atom. The molecule has 0 amide bonds. The summed E-state index contributed by atoms with van der Waals surface area (Å²) >= 11 is 0. The molecule has 5 rings (SSSR count). The van der Waals surface area contributed by atoms with Crippen molar-refractivity contribution < 1.29 is 9.84 Å². The van der Waals surface area contributed by atoms with E-state index >= 15 is 0 Å². The highest BCUT2D eigenvalue weighted by Crippen LogP contribution is 2.37. The Bertz CT molecular complexity index is 1420. The first kappa shape index (κ1) is 20.0. The lowest BCUT2D eigenvalue weighted by Crippen LogP contribution is -2.01. The van der Waals surface area contributed by atoms with Crippen molar-refractivity contribution in [2.75, 3.05) is 7.11 Å². The zero-order chi connectivity index (χ0) is 22.2. The van der Waals surface area contributed by atoms with Crippen molar-refractivity contribution in [2.45, 2.75) is 20.5 Å². The van der Waals surface area contributed by atoms with Gasteiger partial charge in [0.25, 0.3) is 0 Å². The van der Waals surface area contributed by atoms with Crippen LogP contribution in [0.15, 0.2) is 67.0 Å². The van der Waals surface area contributed by atoms with Crippen molar-refractivity contribution >= 4 is 5.65 Å². The fourth-order valence-corrected chi connectivity index (χ4v) is 4.11. The number of benzene rings is 2. The van der Waals surface area contributed by atoms with Crippen molar-refractivity contribution in [3.05, 3.63) is 83.9 Å². The third-order valence-electron chi connectivity index (χ3n) is 5.58. The molecule has 0 fully saturated rings. The van der Waals surface area contributed by atoms with E-state index in [0.717, 1.165) is 56.4 Å². The Morgan fingerprint density at radius 3 is 2.59 bits per heavy atom. The van der Waals surface area contributed by atoms with Crippen LogP contribution in [0.3, 0.4) is 0 Å². The fraction of sp³-hybridized carbons (Fsp3) is 0.160. The number of hydrogen-bond acceptors (Lipinski definition) is 5. The second-order valence-electron chi connectivity index (χ2n) is 7.63. The fourth-order valence-electron chi connectivity index (χ4n) is 4.11. The van der Waals surface area contributed by atoms with Gasteiger partial charge in [0, 0.05) is 35.3 Å². The van der Waals surface area contributed by atoms with Crippen LogP contribution in [0.5, 0.6) is 5.75 Å². The first-order chi connectivity index (χ1) is 15.6. The molecule has 5 aromatic rings. The molecule has 2 aromatic carbocycles. The molecule has 7 nitrogen and oxygen atoms in total. The Morgan fingerprint density at radius 2 is 1.84 bits per heavy atom. The summed E-state index contributed by atoms with van der Waals surface area (Å²) in [5.74, 6) is 0.719. The molecule has 0 saturated heterocycles. The molecule has 3 heterocycles. The predicted octanol–water partition coefficient (Wildman–Crippen LogP) is 4.37. The zero-order valence-corrected chi connectivity index (χ0v) is 18.1. The molecule has 7 heteroatoms. The first-order valence-electron chi connectivity index (χ1n) is 10.3. The Kier molecular flexibility index (Phi) is 4.95. The summed E-state index contributed by atoms with van der Waals surface area (Å²) in [6.45, 7) is 3.89. The van der Waals surface area contributed by atoms with E-state index in [1.54, 1.807) is 18.0 Å². The molecule has 1 N–H and O–H groups in total. The number of nitrogens with zero attached hydrogens (tertiary/aromatic N) is 5. The molecule has 0 radical (unpaired) electrons. The van der Waals surface area contributed by atoms with Crippen LogP contribution < -0.4 is 4.74 Å². The van der Waals surface area contributed by atoms with Gasteiger partial charge in [0.15, 0.2) is 5.65 Å². The van der Waals surface area contributed by atoms with Gasteiger partial charge in [-0.25, -0.2) is 14.2 Å². The van der Waals surface area contributed by atoms with Crippen LogP contribution in [0, 0.1) is 13.8 Å². The quantitative estimate of drug-likeness (QED) is 0.453. The standard InChI is InChI=1S/C25H23N5O2/c1-16-13-22(20-8-5-4-7-18(20)15-31)30-25(27-16)24(17(2)28-30)21-10-9-19(14-23(21)32-3)29-12-6-11-26-29/h4-14,31H,15H2,1-3H3. The summed E-state index contributed by atoms with van der Waals surface area (Å²) in [6.07, 6.45) is 3.64. The molecule has 160 valence electrons. The van der Waals surface area contributed by atoms with Gasteiger partial charge in [-0.2, -0.15) is 10.2 Å². The number of ether oxygens (including phenoxy) is 1. The van der Waals surface area contributed by atoms with Crippen molar-refractivity contribution in [3.8, 4) is 33.8 Å². The summed E-state index contributed by atoms with van der Waals surface area (Å²) in [6, 6.07) is 17.7. The van der Waals surface area contributed by atoms with Crippen LogP contribution >= 0.6 is 0 Å². The first-order valence-corrected chi connectivity index (χ1v) is 10.3. The molecule has 0 bridgehead atoms. The molecule has 0 saturated carbocycles. The Hall–Kier alpha value is -3.97. The lowest BCUT2D eigenvalue weighted by Gasteiger charge is -2.12. The average Bonchev–Trinajstić information content (AvgIpc) is 3.46. The van der Waals surface area contributed by atoms with Crippen LogP contribution in [0.25, 0.3) is 33.7 Å². The molecular formula is C25H23N5O2. The second kappa shape index (κ2) is 7.94. The summed E-state index contributed by atoms with van der Waals surface area (Å²) in [5, 5.41) is 19.0. The van der Waals surface area contributed by atoms with Crippen LogP contribution in [0.2, 0.25) is 0 Å². The van der Waals surface area contributed by atoms with Gasteiger partial charge in [0.2, 0.25) is 0 Å². The van der Waals surface area contributed by atoms with Crippen molar-refractivity contribution in [2.24, 2.45) is 0 Å². The minimum Gasteiger partial charge on any atom is -0.496 e. The van der Waals surface area contributed by atoms with E-state index in [1.807, 2.05) is 79.2 Å². The van der Waals surface area contributed by atoms with Crippen LogP contribution in [0.4, 0.5) is 0 Å². The van der Waals surface area contributed by atoms with Gasteiger partial charge >= 0.3 is 0 Å². The Balaban J connectivity index is 1.75. The maximum absolute atomic E-state index is 9.86. The highest BCUT2D eigenvalue weighted by Gasteiger charge is 2.21. The van der Waals surface area contributed by atoms with Crippen LogP contribution in [0.1, 0.15) is 17.0 Å². The van der Waals surface area contributed by atoms with E-state index < -0.39 is 0 Å². The highest BCUT2D eigenvalue weighted by molar-refractivity contribution is 5.85. The van der Waals surface area contributed by atoms with Gasteiger partial charge in [-0.05, 0) is 43.7 Å². The minimum atomic E-state index is -0.0468. The van der Waals surface area contributed by atoms with Crippen molar-refractivity contribution in [1.29, 1.82) is 0 Å². The van der Waals surface area contributed by atoms with Crippen molar-refractivity contribution in [3.63, 3.8) is 0 Å². The number of fused-ring (bicyclic) bond motifs is 1. The molecule has 0 unspecified atom stereocenters. The van der Waals surface area contributed by atoms with E-state index in [0.29, 0.717) is 0 Å². The van der Waals surface area contributed by atoms with E-state index in [1.165, 1.54) is 0 Å². The summed E-state index contributed by atoms with van der Waals surface area (Å²) in [7, 11) is 1.66. The van der Waals surface area contributed by atoms with Gasteiger partial charge < -0.3 is 9.84 Å². The molecule has 3 aromatic heterocycles. The number of aromatic nitrogens is 5. The van der Waals surface area contributed by atoms with Gasteiger partial charge in [-0.1, -0.05) is 24.3 Å². The second-order valence-corrected chi connectivity index (χ2v) is 7.63. The number of aliphatic hydroxyl groups excluding tert-OH is 1. The molecule has 0 spiro atoms. The molecular weight excluding hydrogens is 402 g/mol. The van der Waals surface area contributed by atoms with Crippen LogP contribution in [-0.2, 0) is 6.61 Å². The maximum Gasteiger partial charge on any atom is 0.164 e. The van der Waals surface area contributed by atoms with Gasteiger partial charge in [-0.15, -0.1) is 0 Å². The number of hydrogen-bond donors (Lipinski definition) is 1. The van der Waals surface area contributed by atoms with Gasteiger partial charge in [-0.3, -0.25) is 0 Å². The van der Waals surface area contributed by atoms with E-state index in [4.69, 9.17) is 14.8 Å². The van der Waals surface area contributed by atoms with Crippen LogP contribution in [-0.4, -0.2) is 36.6 Å². The van der Waals surface area contributed by atoms with E-state index in [9.17, 15) is 5.11 Å². The largest absolute Gasteiger partial charge is 0.496 e. The topological polar surface area (TPSA) is 77.5 Å². The average molecular weight is 425 g/mol. The molecule has 0 atom stereocenters. The lowest BCUT2D eigenvalue weighted by molar-refractivity contribution is 0.282. The van der Waals surface area contributed by atoms with Gasteiger partial charge in [0.05, 0.1) is 36.4 Å². The molecule has 0 aliphatic rings. The zero-order valence-electron chi connectivity index (χ0n) is 18.1. The SMILES string of the molecule is COc1cc(-n2cccn2)ccc1-c1c(C)nn2c(-c3ccccc3CO)cc(C)nc12. The maximum atomic E-state index is 9.86. The third kappa shape index (κ3) is 3.23. The monoisotopic (exact) mass is 425 g/mol. The molecule has 0 aliphatic heterocycles. The molecule has 0 aliphatic carbocycles. The lowest BCUT2D eigenvalue weighted by atomic mass is 10.0. The summed E-state index contributed by atoms with van der Waals surface area (Å²) in [5.41, 5.74) is 7.86. The summed E-state index contributed by atoms with van der Waals surface area (Å²) in [4.78, 5) is 4.83. The third-order valence-corrected chi connectivity index (χ3v) is 5.58. The normalized spacial score (nSPS) is 11.2. The smallest absolute Gasteiger partial charge is 0.164 e. The minimum absolute atomic E-state index is 0.0468. The number of aryl methyl sites for hydroxylation is 2. The number of methoxy groups -OCH3 is 1. The Labute approximate surface area is 185 Å². The predicted molar refractivity (Wildman–Crippen MR) is 123 cm³/mol. The highest BCUT2D eigenvalue weighted by atomic mass is 16.5. The van der Waals surface area contributed by atoms with Gasteiger partial charge in [0.1, 0.15) is 5.75 Å². The van der Waals surface area contributed by atoms with E-state index in [2.05, 4.69) is 5.10 Å². The number of rotatable bonds is 5. The van der Waals surface area contributed by atoms with E-state index in [-0.39, 0.29) is 6.61 Å². The summed E-state index contributed by atoms with van der Waals surface area (Å²) < 4.78 is 9.40. The van der Waals surface area contributed by atoms with Crippen molar-refractivity contribution in [1.82, 2.24) is 24.4 Å².